The molecule has 4 heteroatoms. The minimum absolute atomic E-state index is 0.103. The Morgan fingerprint density at radius 1 is 1.17 bits per heavy atom. The third kappa shape index (κ3) is 4.01. The van der Waals surface area contributed by atoms with Gasteiger partial charge in [-0.05, 0) is 56.9 Å². The van der Waals surface area contributed by atoms with Crippen LogP contribution in [-0.2, 0) is 14.6 Å². The van der Waals surface area contributed by atoms with Gasteiger partial charge in [-0.15, -0.1) is 0 Å². The molecule has 0 bridgehead atoms. The second-order valence-electron chi connectivity index (χ2n) is 5.48. The van der Waals surface area contributed by atoms with Crippen LogP contribution in [0, 0.1) is 0 Å². The molecule has 0 aromatic heterocycles. The monoisotopic (exact) mass is 272 g/mol. The highest BCUT2D eigenvalue weighted by atomic mass is 32.2. The lowest BCUT2D eigenvalue weighted by molar-refractivity contribution is 0.237. The molecular formula is C14H24O3S. The summed E-state index contributed by atoms with van der Waals surface area (Å²) in [7, 11) is -2.80. The van der Waals surface area contributed by atoms with Crippen molar-refractivity contribution in [3.05, 3.63) is 11.8 Å². The van der Waals surface area contributed by atoms with Gasteiger partial charge in [-0.3, -0.25) is 0 Å². The number of hydrogen-bond donors (Lipinski definition) is 0. The molecule has 2 fully saturated rings. The van der Waals surface area contributed by atoms with Crippen molar-refractivity contribution in [2.45, 2.75) is 63.0 Å². The molecule has 1 saturated heterocycles. The van der Waals surface area contributed by atoms with Gasteiger partial charge in [-0.1, -0.05) is 6.42 Å². The third-order valence-electron chi connectivity index (χ3n) is 4.00. The van der Waals surface area contributed by atoms with E-state index in [-0.39, 0.29) is 5.25 Å². The van der Waals surface area contributed by atoms with Crippen molar-refractivity contribution >= 4 is 9.84 Å². The van der Waals surface area contributed by atoms with Gasteiger partial charge in [0.1, 0.15) is 0 Å². The maximum Gasteiger partial charge on any atom is 0.153 e. The van der Waals surface area contributed by atoms with Crippen LogP contribution in [0.25, 0.3) is 0 Å². The van der Waals surface area contributed by atoms with Crippen LogP contribution >= 0.6 is 0 Å². The second kappa shape index (κ2) is 6.60. The summed E-state index contributed by atoms with van der Waals surface area (Å²) in [4.78, 5) is 0. The number of allylic oxidation sites excluding steroid dienone is 1. The van der Waals surface area contributed by atoms with Crippen LogP contribution in [0.2, 0.25) is 0 Å². The molecule has 1 unspecified atom stereocenters. The zero-order chi connectivity index (χ0) is 12.8. The molecule has 0 radical (unpaired) electrons. The van der Waals surface area contributed by atoms with E-state index >= 15 is 0 Å². The van der Waals surface area contributed by atoms with E-state index in [0.717, 1.165) is 32.1 Å². The Balaban J connectivity index is 1.64. The molecule has 0 spiro atoms. The first-order valence-electron chi connectivity index (χ1n) is 7.19. The van der Waals surface area contributed by atoms with E-state index in [1.807, 2.05) is 6.26 Å². The van der Waals surface area contributed by atoms with Gasteiger partial charge in [0.2, 0.25) is 0 Å². The van der Waals surface area contributed by atoms with E-state index < -0.39 is 9.84 Å². The van der Waals surface area contributed by atoms with Crippen LogP contribution in [0.15, 0.2) is 11.8 Å². The van der Waals surface area contributed by atoms with Gasteiger partial charge < -0.3 is 4.74 Å². The molecule has 1 saturated carbocycles. The van der Waals surface area contributed by atoms with Crippen LogP contribution in [0.3, 0.4) is 0 Å². The molecule has 0 amide bonds. The Morgan fingerprint density at radius 3 is 2.67 bits per heavy atom. The van der Waals surface area contributed by atoms with Crippen LogP contribution in [-0.4, -0.2) is 26.0 Å². The minimum Gasteiger partial charge on any atom is -0.501 e. The summed E-state index contributed by atoms with van der Waals surface area (Å²) in [6.07, 6.45) is 11.2. The van der Waals surface area contributed by atoms with Crippen LogP contribution in [0.1, 0.15) is 57.8 Å². The van der Waals surface area contributed by atoms with E-state index in [1.54, 1.807) is 0 Å². The fraction of sp³-hybridized carbons (Fsp3) is 0.857. The van der Waals surface area contributed by atoms with Gasteiger partial charge in [0, 0.05) is 0 Å². The third-order valence-corrected chi connectivity index (χ3v) is 6.34. The molecule has 0 aromatic rings. The maximum absolute atomic E-state index is 11.8. The average molecular weight is 272 g/mol. The summed E-state index contributed by atoms with van der Waals surface area (Å²) >= 11 is 0. The predicted molar refractivity (Wildman–Crippen MR) is 73.2 cm³/mol. The standard InChI is InChI=1S/C14H24O3S/c15-18(16)11-4-3-8-14(18)9-5-10-17-12-13-6-1-2-7-13/h12,14H,1-11H2. The fourth-order valence-electron chi connectivity index (χ4n) is 2.86. The van der Waals surface area contributed by atoms with E-state index in [4.69, 9.17) is 4.74 Å². The molecular weight excluding hydrogens is 248 g/mol. The average Bonchev–Trinajstić information content (AvgIpc) is 2.83. The van der Waals surface area contributed by atoms with Crippen molar-refractivity contribution in [3.8, 4) is 0 Å². The lowest BCUT2D eigenvalue weighted by atomic mass is 10.1. The zero-order valence-electron chi connectivity index (χ0n) is 11.1. The van der Waals surface area contributed by atoms with Gasteiger partial charge in [0.15, 0.2) is 9.84 Å². The first kappa shape index (κ1) is 13.9. The molecule has 104 valence electrons. The van der Waals surface area contributed by atoms with Crippen LogP contribution in [0.4, 0.5) is 0 Å². The molecule has 2 aliphatic rings. The Kier molecular flexibility index (Phi) is 5.10. The van der Waals surface area contributed by atoms with E-state index in [0.29, 0.717) is 12.4 Å². The normalized spacial score (nSPS) is 27.1. The molecule has 3 nitrogen and oxygen atoms in total. The second-order valence-corrected chi connectivity index (χ2v) is 7.88. The smallest absolute Gasteiger partial charge is 0.153 e. The summed E-state index contributed by atoms with van der Waals surface area (Å²) in [5.74, 6) is 0.391. The van der Waals surface area contributed by atoms with Crippen molar-refractivity contribution in [3.63, 3.8) is 0 Å². The van der Waals surface area contributed by atoms with Crippen molar-refractivity contribution < 1.29 is 13.2 Å². The summed E-state index contributed by atoms with van der Waals surface area (Å²) in [5, 5.41) is -0.103. The molecule has 0 N–H and O–H groups in total. The Labute approximate surface area is 111 Å². The van der Waals surface area contributed by atoms with Crippen molar-refractivity contribution in [1.82, 2.24) is 0 Å². The Morgan fingerprint density at radius 2 is 1.94 bits per heavy atom. The quantitative estimate of drug-likeness (QED) is 0.570. The lowest BCUT2D eigenvalue weighted by Gasteiger charge is -2.21. The lowest BCUT2D eigenvalue weighted by Crippen LogP contribution is -2.28. The fourth-order valence-corrected chi connectivity index (χ4v) is 4.85. The number of hydrogen-bond acceptors (Lipinski definition) is 3. The van der Waals surface area contributed by atoms with E-state index in [9.17, 15) is 8.42 Å². The first-order chi connectivity index (χ1) is 8.68. The number of ether oxygens (including phenoxy) is 1. The van der Waals surface area contributed by atoms with Crippen molar-refractivity contribution in [2.24, 2.45) is 0 Å². The van der Waals surface area contributed by atoms with Gasteiger partial charge in [-0.2, -0.15) is 0 Å². The highest BCUT2D eigenvalue weighted by Gasteiger charge is 2.27. The largest absolute Gasteiger partial charge is 0.501 e. The number of sulfone groups is 1. The molecule has 18 heavy (non-hydrogen) atoms. The molecule has 1 aliphatic carbocycles. The highest BCUT2D eigenvalue weighted by Crippen LogP contribution is 2.24. The van der Waals surface area contributed by atoms with Gasteiger partial charge in [-0.25, -0.2) is 8.42 Å². The van der Waals surface area contributed by atoms with Gasteiger partial charge in [0.25, 0.3) is 0 Å². The molecule has 2 rings (SSSR count). The maximum atomic E-state index is 11.8. The molecule has 1 aliphatic heterocycles. The Hall–Kier alpha value is -0.510. The summed E-state index contributed by atoms with van der Waals surface area (Å²) in [6.45, 7) is 0.662. The van der Waals surface area contributed by atoms with E-state index in [2.05, 4.69) is 0 Å². The molecule has 1 heterocycles. The topological polar surface area (TPSA) is 43.4 Å². The first-order valence-corrected chi connectivity index (χ1v) is 8.91. The SMILES string of the molecule is O=S1(=O)CCCCC1CCCOC=C1CCCC1. The molecule has 0 aromatic carbocycles. The summed E-state index contributed by atoms with van der Waals surface area (Å²) in [6, 6.07) is 0. The Bertz CT molecular complexity index is 376. The molecule has 1 atom stereocenters. The number of rotatable bonds is 5. The highest BCUT2D eigenvalue weighted by molar-refractivity contribution is 7.92. The predicted octanol–water partition coefficient (Wildman–Crippen LogP) is 3.21. The summed E-state index contributed by atoms with van der Waals surface area (Å²) < 4.78 is 29.1. The zero-order valence-corrected chi connectivity index (χ0v) is 11.9. The summed E-state index contributed by atoms with van der Waals surface area (Å²) in [5.41, 5.74) is 1.42. The van der Waals surface area contributed by atoms with Gasteiger partial charge >= 0.3 is 0 Å². The van der Waals surface area contributed by atoms with Crippen LogP contribution in [0.5, 0.6) is 0 Å². The van der Waals surface area contributed by atoms with Crippen molar-refractivity contribution in [1.29, 1.82) is 0 Å². The minimum atomic E-state index is -2.80. The van der Waals surface area contributed by atoms with Gasteiger partial charge in [0.05, 0.1) is 23.9 Å². The van der Waals surface area contributed by atoms with Crippen molar-refractivity contribution in [2.75, 3.05) is 12.4 Å². The van der Waals surface area contributed by atoms with E-state index in [1.165, 1.54) is 31.3 Å². The van der Waals surface area contributed by atoms with Crippen LogP contribution < -0.4 is 0 Å².